The van der Waals surface area contributed by atoms with Crippen molar-refractivity contribution in [3.8, 4) is 0 Å². The molecule has 6 nitrogen and oxygen atoms in total. The maximum absolute atomic E-state index is 10.8. The smallest absolute Gasteiger partial charge is 0.333 e. The maximum Gasteiger partial charge on any atom is 0.333 e. The molecule has 0 unspecified atom stereocenters. The van der Waals surface area contributed by atoms with Gasteiger partial charge in [-0.05, 0) is 18.8 Å². The van der Waals surface area contributed by atoms with Crippen molar-refractivity contribution in [1.82, 2.24) is 16.2 Å². The van der Waals surface area contributed by atoms with Gasteiger partial charge in [0.15, 0.2) is 0 Å². The normalized spacial score (nSPS) is 15.0. The standard InChI is InChI=1S/C6H12N4O2/c7-5(11)9-10-6(12)8-3-4-1-2-4/h4H,1-3H2,(H3,7,9,11)(H2,8,10,12). The molecular weight excluding hydrogens is 160 g/mol. The number of amides is 4. The number of primary amides is 1. The second-order valence-corrected chi connectivity index (χ2v) is 2.77. The fraction of sp³-hybridized carbons (Fsp3) is 0.667. The molecule has 0 saturated heterocycles. The van der Waals surface area contributed by atoms with Crippen molar-refractivity contribution in [2.45, 2.75) is 12.8 Å². The van der Waals surface area contributed by atoms with E-state index in [-0.39, 0.29) is 0 Å². The highest BCUT2D eigenvalue weighted by Crippen LogP contribution is 2.27. The molecule has 0 aromatic heterocycles. The molecule has 1 saturated carbocycles. The molecule has 0 heterocycles. The van der Waals surface area contributed by atoms with Gasteiger partial charge in [0.25, 0.3) is 0 Å². The quantitative estimate of drug-likeness (QED) is 0.413. The third-order valence-corrected chi connectivity index (χ3v) is 1.55. The molecule has 0 bridgehead atoms. The van der Waals surface area contributed by atoms with Crippen LogP contribution in [-0.2, 0) is 0 Å². The van der Waals surface area contributed by atoms with Gasteiger partial charge < -0.3 is 11.1 Å². The van der Waals surface area contributed by atoms with Crippen LogP contribution in [-0.4, -0.2) is 18.6 Å². The molecular formula is C6H12N4O2. The number of rotatable bonds is 2. The molecule has 1 rings (SSSR count). The third kappa shape index (κ3) is 3.65. The first kappa shape index (κ1) is 8.63. The van der Waals surface area contributed by atoms with Crippen molar-refractivity contribution >= 4 is 12.1 Å². The summed E-state index contributed by atoms with van der Waals surface area (Å²) in [6.45, 7) is 0.659. The van der Waals surface area contributed by atoms with Gasteiger partial charge in [0.2, 0.25) is 0 Å². The van der Waals surface area contributed by atoms with Gasteiger partial charge in [-0.2, -0.15) is 0 Å². The Kier molecular flexibility index (Phi) is 2.73. The summed E-state index contributed by atoms with van der Waals surface area (Å²) in [7, 11) is 0. The Labute approximate surface area is 69.8 Å². The fourth-order valence-corrected chi connectivity index (χ4v) is 0.722. The second kappa shape index (κ2) is 3.80. The topological polar surface area (TPSA) is 96.2 Å². The van der Waals surface area contributed by atoms with E-state index < -0.39 is 12.1 Å². The third-order valence-electron chi connectivity index (χ3n) is 1.55. The molecule has 4 amide bonds. The lowest BCUT2D eigenvalue weighted by molar-refractivity contribution is 0.228. The lowest BCUT2D eigenvalue weighted by Gasteiger charge is -2.05. The SMILES string of the molecule is NC(=O)NNC(=O)NCC1CC1. The van der Waals surface area contributed by atoms with Crippen LogP contribution in [0.5, 0.6) is 0 Å². The molecule has 12 heavy (non-hydrogen) atoms. The van der Waals surface area contributed by atoms with Crippen LogP contribution >= 0.6 is 0 Å². The maximum atomic E-state index is 10.8. The van der Waals surface area contributed by atoms with E-state index in [1.165, 1.54) is 12.8 Å². The highest BCUT2D eigenvalue weighted by Gasteiger charge is 2.21. The minimum absolute atomic E-state index is 0.430. The number of carbonyl (C=O) groups excluding carboxylic acids is 2. The van der Waals surface area contributed by atoms with Crippen molar-refractivity contribution in [3.63, 3.8) is 0 Å². The van der Waals surface area contributed by atoms with Crippen molar-refractivity contribution < 1.29 is 9.59 Å². The predicted molar refractivity (Wildman–Crippen MR) is 42.0 cm³/mol. The summed E-state index contributed by atoms with van der Waals surface area (Å²) in [6, 6.07) is -1.21. The van der Waals surface area contributed by atoms with E-state index in [1.54, 1.807) is 0 Å². The minimum Gasteiger partial charge on any atom is -0.350 e. The Morgan fingerprint density at radius 3 is 2.50 bits per heavy atom. The van der Waals surface area contributed by atoms with Gasteiger partial charge in [0.05, 0.1) is 0 Å². The Morgan fingerprint density at radius 2 is 2.00 bits per heavy atom. The van der Waals surface area contributed by atoms with Gasteiger partial charge >= 0.3 is 12.1 Å². The average molecular weight is 172 g/mol. The van der Waals surface area contributed by atoms with Gasteiger partial charge in [-0.15, -0.1) is 0 Å². The van der Waals surface area contributed by atoms with Crippen LogP contribution in [0.1, 0.15) is 12.8 Å². The Hall–Kier alpha value is -1.46. The zero-order valence-corrected chi connectivity index (χ0v) is 6.59. The zero-order chi connectivity index (χ0) is 8.97. The van der Waals surface area contributed by atoms with Gasteiger partial charge in [0.1, 0.15) is 0 Å². The summed E-state index contributed by atoms with van der Waals surface area (Å²) < 4.78 is 0. The first-order valence-electron chi connectivity index (χ1n) is 3.78. The summed E-state index contributed by atoms with van der Waals surface area (Å²) in [5, 5.41) is 2.58. The number of carbonyl (C=O) groups is 2. The molecule has 0 aliphatic heterocycles. The molecule has 0 aromatic carbocycles. The number of hydrogen-bond acceptors (Lipinski definition) is 2. The van der Waals surface area contributed by atoms with E-state index in [9.17, 15) is 9.59 Å². The van der Waals surface area contributed by atoms with E-state index in [0.717, 1.165) is 0 Å². The fourth-order valence-electron chi connectivity index (χ4n) is 0.722. The molecule has 0 spiro atoms. The Morgan fingerprint density at radius 1 is 1.33 bits per heavy atom. The molecule has 1 aliphatic rings. The molecule has 6 heteroatoms. The van der Waals surface area contributed by atoms with Gasteiger partial charge in [-0.3, -0.25) is 0 Å². The van der Waals surface area contributed by atoms with Gasteiger partial charge in [0, 0.05) is 6.54 Å². The summed E-state index contributed by atoms with van der Waals surface area (Å²) in [6.07, 6.45) is 2.34. The van der Waals surface area contributed by atoms with Crippen LogP contribution in [0, 0.1) is 5.92 Å². The van der Waals surface area contributed by atoms with E-state index in [1.807, 2.05) is 5.43 Å². The Balaban J connectivity index is 1.98. The lowest BCUT2D eigenvalue weighted by Crippen LogP contribution is -2.49. The molecule has 68 valence electrons. The van der Waals surface area contributed by atoms with Crippen LogP contribution in [0.15, 0.2) is 0 Å². The molecule has 0 aromatic rings. The first-order valence-corrected chi connectivity index (χ1v) is 3.78. The predicted octanol–water partition coefficient (Wildman–Crippen LogP) is -0.721. The zero-order valence-electron chi connectivity index (χ0n) is 6.59. The van der Waals surface area contributed by atoms with Gasteiger partial charge in [-0.1, -0.05) is 0 Å². The molecule has 0 radical (unpaired) electrons. The number of urea groups is 2. The highest BCUT2D eigenvalue weighted by atomic mass is 16.2. The lowest BCUT2D eigenvalue weighted by atomic mass is 10.4. The number of nitrogens with one attached hydrogen (secondary N) is 3. The molecule has 1 aliphatic carbocycles. The van der Waals surface area contributed by atoms with Crippen molar-refractivity contribution in [2.24, 2.45) is 11.7 Å². The van der Waals surface area contributed by atoms with Crippen LogP contribution < -0.4 is 21.9 Å². The summed E-state index contributed by atoms with van der Waals surface area (Å²) in [4.78, 5) is 20.9. The van der Waals surface area contributed by atoms with Crippen LogP contribution in [0.2, 0.25) is 0 Å². The average Bonchev–Trinajstić information content (AvgIpc) is 2.80. The number of hydrogen-bond donors (Lipinski definition) is 4. The van der Waals surface area contributed by atoms with Crippen molar-refractivity contribution in [2.75, 3.05) is 6.54 Å². The summed E-state index contributed by atoms with van der Waals surface area (Å²) in [5.41, 5.74) is 8.77. The Bertz CT molecular complexity index is 190. The molecule has 1 fully saturated rings. The van der Waals surface area contributed by atoms with Crippen molar-refractivity contribution in [1.29, 1.82) is 0 Å². The summed E-state index contributed by atoms with van der Waals surface area (Å²) >= 11 is 0. The van der Waals surface area contributed by atoms with E-state index >= 15 is 0 Å². The van der Waals surface area contributed by atoms with E-state index in [4.69, 9.17) is 5.73 Å². The number of nitrogens with two attached hydrogens (primary N) is 1. The van der Waals surface area contributed by atoms with Gasteiger partial charge in [-0.25, -0.2) is 20.4 Å². The molecule has 0 atom stereocenters. The van der Waals surface area contributed by atoms with Crippen LogP contribution in [0.4, 0.5) is 9.59 Å². The summed E-state index contributed by atoms with van der Waals surface area (Å²) in [5.74, 6) is 0.615. The first-order chi connectivity index (χ1) is 5.68. The van der Waals surface area contributed by atoms with Crippen LogP contribution in [0.3, 0.4) is 0 Å². The minimum atomic E-state index is -0.781. The van der Waals surface area contributed by atoms with Crippen LogP contribution in [0.25, 0.3) is 0 Å². The molecule has 5 N–H and O–H groups in total. The van der Waals surface area contributed by atoms with E-state index in [2.05, 4.69) is 10.7 Å². The van der Waals surface area contributed by atoms with Crippen molar-refractivity contribution in [3.05, 3.63) is 0 Å². The second-order valence-electron chi connectivity index (χ2n) is 2.77. The van der Waals surface area contributed by atoms with E-state index in [0.29, 0.717) is 12.5 Å². The highest BCUT2D eigenvalue weighted by molar-refractivity contribution is 5.78. The number of hydrazine groups is 1. The monoisotopic (exact) mass is 172 g/mol. The largest absolute Gasteiger partial charge is 0.350 e.